The molecule has 1 aliphatic rings. The number of aryl methyl sites for hydroxylation is 1. The third-order valence-corrected chi connectivity index (χ3v) is 8.84. The number of nitrogens with two attached hydrogens (primary N) is 1. The van der Waals surface area contributed by atoms with Crippen LogP contribution in [-0.2, 0) is 22.6 Å². The van der Waals surface area contributed by atoms with Gasteiger partial charge in [-0.05, 0) is 43.9 Å². The Hall–Kier alpha value is -3.41. The number of aliphatic hydroxyl groups is 1. The van der Waals surface area contributed by atoms with Gasteiger partial charge in [0.15, 0.2) is 11.2 Å². The number of carbonyl (C=O) groups excluding carboxylic acids is 3. The van der Waals surface area contributed by atoms with Crippen LogP contribution in [0.2, 0.25) is 0 Å². The van der Waals surface area contributed by atoms with E-state index in [-0.39, 0.29) is 29.0 Å². The second kappa shape index (κ2) is 12.2. The Kier molecular flexibility index (Phi) is 8.94. The fraction of sp³-hybridized carbons (Fsp3) is 0.357. The quantitative estimate of drug-likeness (QED) is 0.312. The largest absolute Gasteiger partial charge is 0.381 e. The molecule has 3 aromatic rings. The molecule has 3 amide bonds. The van der Waals surface area contributed by atoms with Gasteiger partial charge in [-0.2, -0.15) is 0 Å². The molecule has 0 spiro atoms. The summed E-state index contributed by atoms with van der Waals surface area (Å²) in [6, 6.07) is 15.3. The molecule has 0 aliphatic carbocycles. The van der Waals surface area contributed by atoms with E-state index in [9.17, 15) is 19.5 Å². The van der Waals surface area contributed by atoms with E-state index in [1.54, 1.807) is 0 Å². The first-order valence-corrected chi connectivity index (χ1v) is 14.4. The lowest BCUT2D eigenvalue weighted by Gasteiger charge is -2.33. The smallest absolute Gasteiger partial charge is 0.271 e. The van der Waals surface area contributed by atoms with Crippen molar-refractivity contribution in [1.29, 1.82) is 0 Å². The van der Waals surface area contributed by atoms with Crippen molar-refractivity contribution in [2.24, 2.45) is 0 Å². The topological polar surface area (TPSA) is 138 Å². The van der Waals surface area contributed by atoms with Gasteiger partial charge >= 0.3 is 0 Å². The van der Waals surface area contributed by atoms with Gasteiger partial charge in [-0.15, -0.1) is 23.1 Å². The number of thioether (sulfide) groups is 1. The number of rotatable bonds is 9. The van der Waals surface area contributed by atoms with Gasteiger partial charge in [0, 0.05) is 16.7 Å². The van der Waals surface area contributed by atoms with Crippen LogP contribution in [0, 0.1) is 6.92 Å². The zero-order valence-electron chi connectivity index (χ0n) is 22.1. The maximum absolute atomic E-state index is 13.7. The lowest BCUT2D eigenvalue weighted by atomic mass is 9.97. The van der Waals surface area contributed by atoms with Gasteiger partial charge in [-0.3, -0.25) is 14.4 Å². The predicted molar refractivity (Wildman–Crippen MR) is 154 cm³/mol. The van der Waals surface area contributed by atoms with E-state index in [1.165, 1.54) is 22.0 Å². The highest BCUT2D eigenvalue weighted by Crippen LogP contribution is 2.40. The first-order chi connectivity index (χ1) is 18.6. The first-order valence-electron chi connectivity index (χ1n) is 12.6. The number of nitrogens with zero attached hydrogens (tertiary/aromatic N) is 2. The molecular formula is C28H33N5O4S2. The van der Waals surface area contributed by atoms with Crippen LogP contribution < -0.4 is 16.4 Å². The monoisotopic (exact) mass is 567 g/mol. The Morgan fingerprint density at radius 2 is 1.85 bits per heavy atom. The van der Waals surface area contributed by atoms with Gasteiger partial charge in [0.25, 0.3) is 11.8 Å². The molecule has 1 aliphatic heterocycles. The van der Waals surface area contributed by atoms with Crippen LogP contribution in [0.3, 0.4) is 0 Å². The second-order valence-electron chi connectivity index (χ2n) is 10.0. The van der Waals surface area contributed by atoms with E-state index in [2.05, 4.69) is 15.6 Å². The number of aromatic nitrogens is 1. The van der Waals surface area contributed by atoms with Gasteiger partial charge in [0.05, 0.1) is 11.9 Å². The Morgan fingerprint density at radius 1 is 1.15 bits per heavy atom. The third kappa shape index (κ3) is 6.78. The molecule has 11 heteroatoms. The number of benzene rings is 2. The zero-order chi connectivity index (χ0) is 28.2. The summed E-state index contributed by atoms with van der Waals surface area (Å²) >= 11 is 2.59. The Bertz CT molecular complexity index is 1330. The highest BCUT2D eigenvalue weighted by atomic mass is 32.2. The van der Waals surface area contributed by atoms with Crippen LogP contribution in [0.1, 0.15) is 41.0 Å². The maximum Gasteiger partial charge on any atom is 0.271 e. The Labute approximate surface area is 236 Å². The lowest BCUT2D eigenvalue weighted by Crippen LogP contribution is -2.58. The van der Waals surface area contributed by atoms with Crippen molar-refractivity contribution in [2.45, 2.75) is 56.7 Å². The molecule has 2 aromatic carbocycles. The molecule has 9 nitrogen and oxygen atoms in total. The fourth-order valence-corrected chi connectivity index (χ4v) is 6.27. The SMILES string of the molecule is Cc1ccccc1CNC(=O)C1N(C(=O)C(O)C(Cc2ccccc2)NC(=O)c2csc(N)n2)CSC1(C)C. The summed E-state index contributed by atoms with van der Waals surface area (Å²) < 4.78 is -0.582. The molecule has 0 saturated carbocycles. The molecule has 4 rings (SSSR count). The summed E-state index contributed by atoms with van der Waals surface area (Å²) in [5.41, 5.74) is 8.66. The molecule has 1 fully saturated rings. The Morgan fingerprint density at radius 3 is 2.51 bits per heavy atom. The third-order valence-electron chi connectivity index (χ3n) is 6.80. The number of aliphatic hydroxyl groups excluding tert-OH is 1. The minimum atomic E-state index is -1.59. The van der Waals surface area contributed by atoms with Crippen molar-refractivity contribution in [1.82, 2.24) is 20.5 Å². The standard InChI is InChI=1S/C28H33N5O4S2/c1-17-9-7-8-12-19(17)14-30-25(36)23-28(2,3)39-16-33(23)26(37)22(34)20(13-18-10-5-4-6-11-18)31-24(35)21-15-38-27(29)32-21/h4-12,15,20,22-23,34H,13-14,16H2,1-3H3,(H2,29,32)(H,30,36)(H,31,35). The summed E-state index contributed by atoms with van der Waals surface area (Å²) in [6.45, 7) is 6.12. The van der Waals surface area contributed by atoms with E-state index in [4.69, 9.17) is 5.73 Å². The molecule has 0 radical (unpaired) electrons. The average Bonchev–Trinajstić information content (AvgIpc) is 3.49. The molecular weight excluding hydrogens is 534 g/mol. The van der Waals surface area contributed by atoms with Gasteiger partial charge in [0.1, 0.15) is 11.7 Å². The molecule has 3 unspecified atom stereocenters. The number of hydrogen-bond acceptors (Lipinski definition) is 8. The molecule has 2 heterocycles. The van der Waals surface area contributed by atoms with Crippen LogP contribution in [0.15, 0.2) is 60.0 Å². The zero-order valence-corrected chi connectivity index (χ0v) is 23.7. The minimum absolute atomic E-state index is 0.113. The lowest BCUT2D eigenvalue weighted by molar-refractivity contribution is -0.147. The fourth-order valence-electron chi connectivity index (χ4n) is 4.59. The molecule has 0 bridgehead atoms. The highest BCUT2D eigenvalue weighted by molar-refractivity contribution is 8.00. The second-order valence-corrected chi connectivity index (χ2v) is 12.5. The van der Waals surface area contributed by atoms with Crippen molar-refractivity contribution in [3.05, 3.63) is 82.4 Å². The average molecular weight is 568 g/mol. The van der Waals surface area contributed by atoms with Crippen molar-refractivity contribution in [3.63, 3.8) is 0 Å². The van der Waals surface area contributed by atoms with Gasteiger partial charge in [-0.1, -0.05) is 54.6 Å². The molecule has 3 atom stereocenters. The number of thiazole rings is 1. The van der Waals surface area contributed by atoms with E-state index in [0.29, 0.717) is 6.54 Å². The summed E-state index contributed by atoms with van der Waals surface area (Å²) in [6.07, 6.45) is -1.39. The van der Waals surface area contributed by atoms with E-state index < -0.39 is 34.7 Å². The normalized spacial score (nSPS) is 17.8. The number of anilines is 1. The summed E-state index contributed by atoms with van der Waals surface area (Å²) in [5.74, 6) is -1.22. The van der Waals surface area contributed by atoms with Crippen LogP contribution in [0.25, 0.3) is 0 Å². The van der Waals surface area contributed by atoms with E-state index in [1.807, 2.05) is 75.4 Å². The minimum Gasteiger partial charge on any atom is -0.381 e. The molecule has 5 N–H and O–H groups in total. The number of nitrogen functional groups attached to an aromatic ring is 1. The van der Waals surface area contributed by atoms with Crippen molar-refractivity contribution >= 4 is 46.0 Å². The van der Waals surface area contributed by atoms with Crippen LogP contribution in [0.5, 0.6) is 0 Å². The van der Waals surface area contributed by atoms with E-state index >= 15 is 0 Å². The summed E-state index contributed by atoms with van der Waals surface area (Å²) in [4.78, 5) is 45.5. The summed E-state index contributed by atoms with van der Waals surface area (Å²) in [5, 5.41) is 18.8. The van der Waals surface area contributed by atoms with Gasteiger partial charge in [0.2, 0.25) is 5.91 Å². The van der Waals surface area contributed by atoms with Crippen molar-refractivity contribution in [3.8, 4) is 0 Å². The summed E-state index contributed by atoms with van der Waals surface area (Å²) in [7, 11) is 0. The molecule has 1 saturated heterocycles. The Balaban J connectivity index is 1.53. The van der Waals surface area contributed by atoms with Crippen LogP contribution in [0.4, 0.5) is 5.13 Å². The molecule has 206 valence electrons. The van der Waals surface area contributed by atoms with Crippen molar-refractivity contribution in [2.75, 3.05) is 11.6 Å². The molecule has 39 heavy (non-hydrogen) atoms. The number of hydrogen-bond donors (Lipinski definition) is 4. The van der Waals surface area contributed by atoms with Gasteiger partial charge < -0.3 is 26.4 Å². The number of nitrogens with one attached hydrogen (secondary N) is 2. The van der Waals surface area contributed by atoms with E-state index in [0.717, 1.165) is 28.0 Å². The van der Waals surface area contributed by atoms with Crippen LogP contribution >= 0.6 is 23.1 Å². The first kappa shape index (κ1) is 28.6. The maximum atomic E-state index is 13.7. The van der Waals surface area contributed by atoms with Crippen molar-refractivity contribution < 1.29 is 19.5 Å². The predicted octanol–water partition coefficient (Wildman–Crippen LogP) is 2.73. The number of carbonyl (C=O) groups is 3. The van der Waals surface area contributed by atoms with Crippen LogP contribution in [-0.4, -0.2) is 61.5 Å². The number of amides is 3. The highest BCUT2D eigenvalue weighted by Gasteiger charge is 2.49. The molecule has 1 aromatic heterocycles. The van der Waals surface area contributed by atoms with Gasteiger partial charge in [-0.25, -0.2) is 4.98 Å².